The Labute approximate surface area is 116 Å². The van der Waals surface area contributed by atoms with Crippen molar-refractivity contribution in [2.24, 2.45) is 0 Å². The fourth-order valence-corrected chi connectivity index (χ4v) is 1.84. The van der Waals surface area contributed by atoms with E-state index in [0.717, 1.165) is 0 Å². The van der Waals surface area contributed by atoms with Gasteiger partial charge in [0.1, 0.15) is 0 Å². The number of amides is 1. The largest absolute Gasteiger partial charge is 0.385 e. The molecule has 0 unspecified atom stereocenters. The van der Waals surface area contributed by atoms with E-state index >= 15 is 0 Å². The van der Waals surface area contributed by atoms with E-state index in [4.69, 9.17) is 23.2 Å². The van der Waals surface area contributed by atoms with Crippen LogP contribution in [0.1, 0.15) is 12.8 Å². The summed E-state index contributed by atoms with van der Waals surface area (Å²) < 4.78 is 13.2. The van der Waals surface area contributed by atoms with Crippen molar-refractivity contribution in [2.45, 2.75) is 12.8 Å². The molecule has 0 atom stereocenters. The van der Waals surface area contributed by atoms with E-state index in [-0.39, 0.29) is 16.0 Å². The number of carbonyl (C=O) groups excluding carboxylic acids is 1. The van der Waals surface area contributed by atoms with Crippen molar-refractivity contribution in [3.63, 3.8) is 0 Å². The maximum absolute atomic E-state index is 13.2. The first-order valence-corrected chi connectivity index (χ1v) is 6.26. The molecule has 1 rings (SSSR count). The van der Waals surface area contributed by atoms with Gasteiger partial charge in [-0.15, -0.1) is 0 Å². The molecular weight excluding hydrogens is 278 g/mol. The van der Waals surface area contributed by atoms with Crippen LogP contribution in [0.3, 0.4) is 0 Å². The van der Waals surface area contributed by atoms with Gasteiger partial charge in [0.25, 0.3) is 0 Å². The van der Waals surface area contributed by atoms with Gasteiger partial charge in [-0.1, -0.05) is 23.2 Å². The van der Waals surface area contributed by atoms with Gasteiger partial charge in [0.05, 0.1) is 10.0 Å². The molecule has 1 N–H and O–H groups in total. The molecule has 100 valence electrons. The van der Waals surface area contributed by atoms with Crippen LogP contribution < -0.4 is 5.32 Å². The maximum atomic E-state index is 13.2. The summed E-state index contributed by atoms with van der Waals surface area (Å²) in [6, 6.07) is 2.94. The normalized spacial score (nSPS) is 10.3. The number of nitrogens with one attached hydrogen (secondary N) is 1. The number of halogens is 3. The predicted octanol–water partition coefficient (Wildman–Crippen LogP) is 3.41. The van der Waals surface area contributed by atoms with Crippen molar-refractivity contribution >= 4 is 34.8 Å². The lowest BCUT2D eigenvalue weighted by Crippen LogP contribution is -2.22. The first-order chi connectivity index (χ1) is 8.41. The summed E-state index contributed by atoms with van der Waals surface area (Å²) in [5.41, 5.74) is 0.642. The molecule has 0 aliphatic rings. The Morgan fingerprint density at radius 1 is 1.33 bits per heavy atom. The number of benzene rings is 1. The van der Waals surface area contributed by atoms with E-state index in [1.54, 1.807) is 19.0 Å². The van der Waals surface area contributed by atoms with E-state index in [1.807, 2.05) is 0 Å². The topological polar surface area (TPSA) is 32.3 Å². The number of carbonyl (C=O) groups is 1. The molecule has 0 spiro atoms. The number of anilines is 1. The van der Waals surface area contributed by atoms with Gasteiger partial charge in [0, 0.05) is 32.7 Å². The molecule has 1 aromatic rings. The summed E-state index contributed by atoms with van der Waals surface area (Å²) in [4.78, 5) is 12.9. The van der Waals surface area contributed by atoms with E-state index in [9.17, 15) is 9.18 Å². The minimum atomic E-state index is -0.619. The van der Waals surface area contributed by atoms with Gasteiger partial charge in [-0.2, -0.15) is 0 Å². The van der Waals surface area contributed by atoms with Crippen LogP contribution in [0.5, 0.6) is 0 Å². The average molecular weight is 293 g/mol. The van der Waals surface area contributed by atoms with Crippen LogP contribution in [0.2, 0.25) is 10.0 Å². The molecular formula is C12H15Cl2FN2O. The van der Waals surface area contributed by atoms with Gasteiger partial charge in [-0.3, -0.25) is 4.79 Å². The average Bonchev–Trinajstić information content (AvgIpc) is 2.31. The number of rotatable bonds is 5. The molecule has 0 saturated heterocycles. The molecule has 18 heavy (non-hydrogen) atoms. The zero-order valence-corrected chi connectivity index (χ0v) is 11.8. The smallest absolute Gasteiger partial charge is 0.222 e. The second kappa shape index (κ2) is 6.81. The third-order valence-electron chi connectivity index (χ3n) is 2.38. The van der Waals surface area contributed by atoms with Gasteiger partial charge >= 0.3 is 0 Å². The lowest BCUT2D eigenvalue weighted by Gasteiger charge is -2.11. The van der Waals surface area contributed by atoms with Gasteiger partial charge in [-0.05, 0) is 18.6 Å². The summed E-state index contributed by atoms with van der Waals surface area (Å²) in [6.45, 7) is 0.595. The standard InChI is InChI=1S/C12H15Cl2FN2O/c1-17(2)11(18)4-3-5-16-8-6-9(13)12(15)10(14)7-8/h6-7,16H,3-5H2,1-2H3. The van der Waals surface area contributed by atoms with Crippen molar-refractivity contribution in [1.29, 1.82) is 0 Å². The number of hydrogen-bond donors (Lipinski definition) is 1. The molecule has 3 nitrogen and oxygen atoms in total. The highest BCUT2D eigenvalue weighted by molar-refractivity contribution is 6.35. The second-order valence-corrected chi connectivity index (χ2v) is 4.89. The third kappa shape index (κ3) is 4.35. The van der Waals surface area contributed by atoms with E-state index in [0.29, 0.717) is 25.1 Å². The Kier molecular flexibility index (Phi) is 5.69. The number of hydrogen-bond acceptors (Lipinski definition) is 2. The summed E-state index contributed by atoms with van der Waals surface area (Å²) in [6.07, 6.45) is 1.15. The molecule has 0 aliphatic heterocycles. The molecule has 0 heterocycles. The van der Waals surface area contributed by atoms with Crippen LogP contribution in [-0.2, 0) is 4.79 Å². The Bertz CT molecular complexity index is 415. The lowest BCUT2D eigenvalue weighted by atomic mass is 10.2. The Morgan fingerprint density at radius 3 is 2.39 bits per heavy atom. The Morgan fingerprint density at radius 2 is 1.89 bits per heavy atom. The maximum Gasteiger partial charge on any atom is 0.222 e. The summed E-state index contributed by atoms with van der Waals surface area (Å²) in [7, 11) is 3.44. The summed E-state index contributed by atoms with van der Waals surface area (Å²) in [5, 5.41) is 3.00. The quantitative estimate of drug-likeness (QED) is 0.666. The van der Waals surface area contributed by atoms with Gasteiger partial charge in [0.15, 0.2) is 5.82 Å². The summed E-state index contributed by atoms with van der Waals surface area (Å²) in [5.74, 6) is -0.543. The fraction of sp³-hybridized carbons (Fsp3) is 0.417. The van der Waals surface area contributed by atoms with Crippen LogP contribution in [0.25, 0.3) is 0 Å². The SMILES string of the molecule is CN(C)C(=O)CCCNc1cc(Cl)c(F)c(Cl)c1. The van der Waals surface area contributed by atoms with Gasteiger partial charge in [0.2, 0.25) is 5.91 Å². The molecule has 6 heteroatoms. The monoisotopic (exact) mass is 292 g/mol. The van der Waals surface area contributed by atoms with Gasteiger partial charge < -0.3 is 10.2 Å². The van der Waals surface area contributed by atoms with E-state index in [2.05, 4.69) is 5.32 Å². The molecule has 1 amide bonds. The molecule has 0 radical (unpaired) electrons. The first-order valence-electron chi connectivity index (χ1n) is 5.50. The van der Waals surface area contributed by atoms with Crippen molar-refractivity contribution in [2.75, 3.05) is 26.0 Å². The highest BCUT2D eigenvalue weighted by Gasteiger charge is 2.07. The highest BCUT2D eigenvalue weighted by Crippen LogP contribution is 2.27. The molecule has 0 aliphatic carbocycles. The van der Waals surface area contributed by atoms with Crippen LogP contribution in [-0.4, -0.2) is 31.4 Å². The minimum Gasteiger partial charge on any atom is -0.385 e. The zero-order chi connectivity index (χ0) is 13.7. The van der Waals surface area contributed by atoms with E-state index in [1.165, 1.54) is 12.1 Å². The molecule has 0 bridgehead atoms. The van der Waals surface area contributed by atoms with Crippen LogP contribution in [0.4, 0.5) is 10.1 Å². The molecule has 1 aromatic carbocycles. The molecule has 0 fully saturated rings. The molecule has 0 aromatic heterocycles. The van der Waals surface area contributed by atoms with Crippen LogP contribution in [0.15, 0.2) is 12.1 Å². The zero-order valence-electron chi connectivity index (χ0n) is 10.3. The van der Waals surface area contributed by atoms with Crippen molar-refractivity contribution < 1.29 is 9.18 Å². The fourth-order valence-electron chi connectivity index (χ4n) is 1.35. The predicted molar refractivity (Wildman–Crippen MR) is 72.8 cm³/mol. The molecule has 0 saturated carbocycles. The van der Waals surface area contributed by atoms with Crippen molar-refractivity contribution in [3.8, 4) is 0 Å². The van der Waals surface area contributed by atoms with Crippen LogP contribution in [0, 0.1) is 5.82 Å². The lowest BCUT2D eigenvalue weighted by molar-refractivity contribution is -0.128. The van der Waals surface area contributed by atoms with Crippen molar-refractivity contribution in [3.05, 3.63) is 28.0 Å². The van der Waals surface area contributed by atoms with Crippen molar-refractivity contribution in [1.82, 2.24) is 4.90 Å². The van der Waals surface area contributed by atoms with Gasteiger partial charge in [-0.25, -0.2) is 4.39 Å². The second-order valence-electron chi connectivity index (χ2n) is 4.07. The van der Waals surface area contributed by atoms with Crippen LogP contribution >= 0.6 is 23.2 Å². The Balaban J connectivity index is 2.43. The minimum absolute atomic E-state index is 0.0191. The summed E-state index contributed by atoms with van der Waals surface area (Å²) >= 11 is 11.3. The number of nitrogens with zero attached hydrogens (tertiary/aromatic N) is 1. The third-order valence-corrected chi connectivity index (χ3v) is 2.93. The highest BCUT2D eigenvalue weighted by atomic mass is 35.5. The Hall–Kier alpha value is -1.00. The first kappa shape index (κ1) is 15.1. The van der Waals surface area contributed by atoms with E-state index < -0.39 is 5.82 Å².